The van der Waals surface area contributed by atoms with Crippen molar-refractivity contribution in [2.75, 3.05) is 0 Å². The first kappa shape index (κ1) is 17.8. The maximum absolute atomic E-state index is 12.8. The van der Waals surface area contributed by atoms with Crippen LogP contribution in [0.1, 0.15) is 37.6 Å². The molecule has 0 saturated heterocycles. The van der Waals surface area contributed by atoms with Gasteiger partial charge in [0.2, 0.25) is 11.6 Å². The van der Waals surface area contributed by atoms with Crippen molar-refractivity contribution in [1.82, 2.24) is 0 Å². The van der Waals surface area contributed by atoms with Gasteiger partial charge in [-0.2, -0.15) is 13.2 Å². The fourth-order valence-corrected chi connectivity index (χ4v) is 3.15. The largest absolute Gasteiger partial charge is 0.462 e. The van der Waals surface area contributed by atoms with E-state index in [2.05, 4.69) is 31.9 Å². The zero-order chi connectivity index (χ0) is 18.5. The van der Waals surface area contributed by atoms with Gasteiger partial charge in [-0.25, -0.2) is 0 Å². The summed E-state index contributed by atoms with van der Waals surface area (Å²) < 4.78 is 43.7. The van der Waals surface area contributed by atoms with Gasteiger partial charge in [-0.05, 0) is 44.0 Å². The molecule has 1 aliphatic rings. The van der Waals surface area contributed by atoms with E-state index in [0.29, 0.717) is 6.07 Å². The summed E-state index contributed by atoms with van der Waals surface area (Å²) >= 11 is 6.03. The highest BCUT2D eigenvalue weighted by Gasteiger charge is 2.38. The Morgan fingerprint density at radius 1 is 1.04 bits per heavy atom. The molecule has 0 saturated carbocycles. The molecule has 0 N–H and O–H groups in total. The third kappa shape index (κ3) is 2.91. The van der Waals surface area contributed by atoms with Gasteiger partial charge in [-0.3, -0.25) is 14.4 Å². The van der Waals surface area contributed by atoms with E-state index in [-0.39, 0.29) is 31.4 Å². The number of hydrogen-bond acceptors (Lipinski definition) is 4. The number of fused-ring (bicyclic) bond motifs is 1. The van der Waals surface area contributed by atoms with Crippen LogP contribution in [0.4, 0.5) is 13.2 Å². The van der Waals surface area contributed by atoms with Crippen molar-refractivity contribution < 1.29 is 32.0 Å². The first-order valence-electron chi connectivity index (χ1n) is 6.61. The number of carbonyl (C=O) groups is 3. The van der Waals surface area contributed by atoms with Crippen LogP contribution in [0.5, 0.6) is 0 Å². The average Bonchev–Trinajstić information content (AvgIpc) is 3.02. The van der Waals surface area contributed by atoms with Crippen LogP contribution in [-0.4, -0.2) is 17.3 Å². The van der Waals surface area contributed by atoms with Crippen LogP contribution in [0.15, 0.2) is 39.4 Å². The minimum atomic E-state index is -4.62. The van der Waals surface area contributed by atoms with Crippen LogP contribution < -0.4 is 0 Å². The smallest absolute Gasteiger partial charge is 0.416 e. The number of ketones is 3. The number of halogens is 5. The first-order chi connectivity index (χ1) is 11.6. The maximum atomic E-state index is 12.8. The molecule has 0 spiro atoms. The molecular weight excluding hydrogens is 473 g/mol. The van der Waals surface area contributed by atoms with Crippen LogP contribution in [0.3, 0.4) is 0 Å². The molecule has 9 heteroatoms. The van der Waals surface area contributed by atoms with Gasteiger partial charge in [0.05, 0.1) is 25.7 Å². The van der Waals surface area contributed by atoms with Crippen molar-refractivity contribution in [3.63, 3.8) is 0 Å². The molecule has 25 heavy (non-hydrogen) atoms. The summed E-state index contributed by atoms with van der Waals surface area (Å²) in [5.41, 5.74) is -1.82. The molecule has 1 heterocycles. The zero-order valence-electron chi connectivity index (χ0n) is 11.9. The van der Waals surface area contributed by atoms with Gasteiger partial charge in [0.1, 0.15) is 6.26 Å². The number of hydrogen-bond donors (Lipinski definition) is 0. The molecule has 0 bridgehead atoms. The normalized spacial score (nSPS) is 14.8. The second kappa shape index (κ2) is 6.06. The molecule has 0 aliphatic heterocycles. The molecule has 2 aromatic rings. The second-order valence-corrected chi connectivity index (χ2v) is 6.63. The highest BCUT2D eigenvalue weighted by atomic mass is 79.9. The number of furan rings is 1. The molecule has 0 atom stereocenters. The topological polar surface area (TPSA) is 64.3 Å². The Morgan fingerprint density at radius 3 is 2.36 bits per heavy atom. The van der Waals surface area contributed by atoms with E-state index >= 15 is 0 Å². The summed E-state index contributed by atoms with van der Waals surface area (Å²) in [6.07, 6.45) is -3.67. The molecule has 1 aromatic heterocycles. The lowest BCUT2D eigenvalue weighted by molar-refractivity contribution is -0.137. The lowest BCUT2D eigenvalue weighted by atomic mass is 9.93. The molecule has 3 rings (SSSR count). The summed E-state index contributed by atoms with van der Waals surface area (Å²) in [4.78, 5) is 36.7. The monoisotopic (exact) mass is 476 g/mol. The van der Waals surface area contributed by atoms with Crippen LogP contribution in [0, 0.1) is 0 Å². The fourth-order valence-electron chi connectivity index (χ4n) is 2.32. The number of rotatable bonds is 2. The predicted octanol–water partition coefficient (Wildman–Crippen LogP) is 4.75. The minimum Gasteiger partial charge on any atom is -0.462 e. The van der Waals surface area contributed by atoms with E-state index < -0.39 is 29.1 Å². The average molecular weight is 478 g/mol. The molecule has 0 fully saturated rings. The Hall–Kier alpha value is -2.00. The number of benzene rings is 1. The molecule has 0 unspecified atom stereocenters. The van der Waals surface area contributed by atoms with Gasteiger partial charge < -0.3 is 4.42 Å². The zero-order valence-corrected chi connectivity index (χ0v) is 15.1. The Morgan fingerprint density at radius 2 is 1.72 bits per heavy atom. The van der Waals surface area contributed by atoms with Crippen LogP contribution in [-0.2, 0) is 11.0 Å². The maximum Gasteiger partial charge on any atom is 0.416 e. The molecule has 128 valence electrons. The van der Waals surface area contributed by atoms with Crippen molar-refractivity contribution in [3.05, 3.63) is 63.0 Å². The van der Waals surface area contributed by atoms with Gasteiger partial charge in [-0.1, -0.05) is 12.1 Å². The van der Waals surface area contributed by atoms with Crippen molar-refractivity contribution in [3.8, 4) is 0 Å². The Kier molecular flexibility index (Phi) is 4.32. The van der Waals surface area contributed by atoms with Crippen molar-refractivity contribution in [2.45, 2.75) is 6.18 Å². The van der Waals surface area contributed by atoms with Crippen LogP contribution in [0.25, 0.3) is 4.48 Å². The van der Waals surface area contributed by atoms with Gasteiger partial charge >= 0.3 is 6.18 Å². The quantitative estimate of drug-likeness (QED) is 0.462. The highest BCUT2D eigenvalue weighted by molar-refractivity contribution is 9.16. The van der Waals surface area contributed by atoms with Gasteiger partial charge in [0, 0.05) is 5.56 Å². The predicted molar refractivity (Wildman–Crippen MR) is 87.7 cm³/mol. The molecule has 0 amide bonds. The lowest BCUT2D eigenvalue weighted by Crippen LogP contribution is -2.22. The number of allylic oxidation sites excluding steroid dienone is 1. The summed E-state index contributed by atoms with van der Waals surface area (Å²) in [7, 11) is 0. The van der Waals surface area contributed by atoms with Gasteiger partial charge in [0.15, 0.2) is 11.5 Å². The van der Waals surface area contributed by atoms with E-state index in [1.807, 2.05) is 0 Å². The SMILES string of the molecule is O=C1C(=O)c2c(C(=O)c3cccc(C(F)(F)F)c3)coc2C(Br)=C1Br. The third-order valence-electron chi connectivity index (χ3n) is 3.51. The molecule has 1 aromatic carbocycles. The summed E-state index contributed by atoms with van der Waals surface area (Å²) in [5.74, 6) is -2.75. The minimum absolute atomic E-state index is 0.0354. The summed E-state index contributed by atoms with van der Waals surface area (Å²) in [6, 6.07) is 3.78. The van der Waals surface area contributed by atoms with Crippen molar-refractivity contribution >= 4 is 53.7 Å². The van der Waals surface area contributed by atoms with Gasteiger partial charge in [-0.15, -0.1) is 0 Å². The van der Waals surface area contributed by atoms with E-state index in [4.69, 9.17) is 4.42 Å². The molecule has 0 radical (unpaired) electrons. The van der Waals surface area contributed by atoms with Crippen LogP contribution >= 0.6 is 31.9 Å². The van der Waals surface area contributed by atoms with Gasteiger partial charge in [0.25, 0.3) is 0 Å². The van der Waals surface area contributed by atoms with E-state index in [0.717, 1.165) is 18.4 Å². The second-order valence-electron chi connectivity index (χ2n) is 5.05. The number of Topliss-reactive ketones (excluding diaryl/α,β-unsaturated/α-hetero) is 2. The third-order valence-corrected chi connectivity index (χ3v) is 5.56. The van der Waals surface area contributed by atoms with Crippen molar-refractivity contribution in [1.29, 1.82) is 0 Å². The molecular formula is C16H5Br2F3O4. The summed E-state index contributed by atoms with van der Waals surface area (Å²) in [6.45, 7) is 0. The highest BCUT2D eigenvalue weighted by Crippen LogP contribution is 2.39. The van der Waals surface area contributed by atoms with Crippen LogP contribution in [0.2, 0.25) is 0 Å². The molecule has 1 aliphatic carbocycles. The van der Waals surface area contributed by atoms with E-state index in [1.54, 1.807) is 0 Å². The number of alkyl halides is 3. The fraction of sp³-hybridized carbons (Fsp3) is 0.0625. The Labute approximate surface area is 154 Å². The lowest BCUT2D eigenvalue weighted by Gasteiger charge is -2.11. The standard InChI is InChI=1S/C16H5Br2F3O4/c17-10-11(18)15-9(13(23)14(10)24)8(5-25-15)12(22)6-2-1-3-7(4-6)16(19,20)21/h1-5H. The Bertz CT molecular complexity index is 970. The van der Waals surface area contributed by atoms with E-state index in [9.17, 15) is 27.6 Å². The van der Waals surface area contributed by atoms with E-state index in [1.165, 1.54) is 6.07 Å². The first-order valence-corrected chi connectivity index (χ1v) is 8.19. The Balaban J connectivity index is 2.12. The number of carbonyl (C=O) groups excluding carboxylic acids is 3. The molecule has 4 nitrogen and oxygen atoms in total. The summed E-state index contributed by atoms with van der Waals surface area (Å²) in [5, 5.41) is 0. The van der Waals surface area contributed by atoms with Crippen molar-refractivity contribution in [2.24, 2.45) is 0 Å².